The van der Waals surface area contributed by atoms with Crippen molar-refractivity contribution < 1.29 is 10.2 Å². The van der Waals surface area contributed by atoms with Crippen LogP contribution in [0.15, 0.2) is 18.2 Å². The summed E-state index contributed by atoms with van der Waals surface area (Å²) in [4.78, 5) is 0. The Kier molecular flexibility index (Phi) is 2.12. The van der Waals surface area contributed by atoms with Gasteiger partial charge in [0.2, 0.25) is 0 Å². The zero-order valence-corrected chi connectivity index (χ0v) is 8.01. The van der Waals surface area contributed by atoms with Gasteiger partial charge in [-0.25, -0.2) is 0 Å². The Balaban J connectivity index is 2.86. The zero-order chi connectivity index (χ0) is 10.1. The number of aliphatic hydroxyl groups is 1. The van der Waals surface area contributed by atoms with Crippen LogP contribution in [0, 0.1) is 11.3 Å². The smallest absolute Gasteiger partial charge is 0.172 e. The standard InChI is InChI=1S/C10H7NO2S/c11-4-6-1-2-7(5-12)10-8(6)3-9(13)14-10/h1-3,12-13H,5H2. The van der Waals surface area contributed by atoms with Gasteiger partial charge in [-0.05, 0) is 11.6 Å². The number of rotatable bonds is 1. The molecule has 0 aliphatic rings. The van der Waals surface area contributed by atoms with Gasteiger partial charge in [0.05, 0.1) is 18.2 Å². The Labute approximate surface area is 84.5 Å². The van der Waals surface area contributed by atoms with E-state index in [0.717, 1.165) is 10.3 Å². The molecule has 3 nitrogen and oxygen atoms in total. The lowest BCUT2D eigenvalue weighted by Crippen LogP contribution is -1.84. The average molecular weight is 205 g/mol. The van der Waals surface area contributed by atoms with Crippen LogP contribution in [0.1, 0.15) is 11.1 Å². The van der Waals surface area contributed by atoms with E-state index in [2.05, 4.69) is 0 Å². The maximum atomic E-state index is 9.32. The SMILES string of the molecule is N#Cc1ccc(CO)c2sc(O)cc12. The minimum atomic E-state index is -0.0812. The summed E-state index contributed by atoms with van der Waals surface area (Å²) in [5, 5.41) is 28.1. The van der Waals surface area contributed by atoms with Gasteiger partial charge < -0.3 is 10.2 Å². The lowest BCUT2D eigenvalue weighted by molar-refractivity contribution is 0.283. The lowest BCUT2D eigenvalue weighted by Gasteiger charge is -1.98. The number of hydrogen-bond acceptors (Lipinski definition) is 4. The molecule has 70 valence electrons. The molecule has 1 aromatic carbocycles. The average Bonchev–Trinajstić information content (AvgIpc) is 2.57. The van der Waals surface area contributed by atoms with Gasteiger partial charge in [-0.15, -0.1) is 0 Å². The topological polar surface area (TPSA) is 64.2 Å². The second-order valence-corrected chi connectivity index (χ2v) is 3.90. The van der Waals surface area contributed by atoms with Crippen molar-refractivity contribution in [2.24, 2.45) is 0 Å². The Hall–Kier alpha value is -1.57. The molecule has 2 N–H and O–H groups in total. The third-order valence-corrected chi connectivity index (χ3v) is 3.06. The number of hydrogen-bond donors (Lipinski definition) is 2. The van der Waals surface area contributed by atoms with Gasteiger partial charge in [0.1, 0.15) is 0 Å². The van der Waals surface area contributed by atoms with Crippen molar-refractivity contribution in [3.05, 3.63) is 29.3 Å². The van der Waals surface area contributed by atoms with E-state index in [-0.39, 0.29) is 11.7 Å². The van der Waals surface area contributed by atoms with Gasteiger partial charge >= 0.3 is 0 Å². The largest absolute Gasteiger partial charge is 0.499 e. The van der Waals surface area contributed by atoms with E-state index in [1.54, 1.807) is 18.2 Å². The molecule has 0 saturated carbocycles. The Morgan fingerprint density at radius 2 is 2.21 bits per heavy atom. The van der Waals surface area contributed by atoms with E-state index < -0.39 is 0 Å². The molecule has 0 fully saturated rings. The Bertz CT molecular complexity index is 525. The number of nitriles is 1. The summed E-state index contributed by atoms with van der Waals surface area (Å²) in [7, 11) is 0. The summed E-state index contributed by atoms with van der Waals surface area (Å²) in [6.45, 7) is -0.0812. The fraction of sp³-hybridized carbons (Fsp3) is 0.100. The maximum absolute atomic E-state index is 9.32. The molecular formula is C10H7NO2S. The number of aromatic hydroxyl groups is 1. The molecule has 0 saturated heterocycles. The third-order valence-electron chi connectivity index (χ3n) is 2.04. The van der Waals surface area contributed by atoms with E-state index in [1.165, 1.54) is 11.3 Å². The lowest BCUT2D eigenvalue weighted by atomic mass is 10.1. The fourth-order valence-corrected chi connectivity index (χ4v) is 2.32. The van der Waals surface area contributed by atoms with Crippen molar-refractivity contribution >= 4 is 21.4 Å². The molecule has 2 rings (SSSR count). The monoisotopic (exact) mass is 205 g/mol. The van der Waals surface area contributed by atoms with Crippen LogP contribution in [0.25, 0.3) is 10.1 Å². The molecule has 1 heterocycles. The van der Waals surface area contributed by atoms with Crippen molar-refractivity contribution in [1.29, 1.82) is 5.26 Å². The molecule has 0 aliphatic carbocycles. The van der Waals surface area contributed by atoms with E-state index in [0.29, 0.717) is 10.9 Å². The second kappa shape index (κ2) is 3.29. The predicted octanol–water partition coefficient (Wildman–Crippen LogP) is 1.97. The first-order chi connectivity index (χ1) is 6.76. The van der Waals surface area contributed by atoms with E-state index >= 15 is 0 Å². The molecule has 14 heavy (non-hydrogen) atoms. The van der Waals surface area contributed by atoms with Crippen LogP contribution in [-0.2, 0) is 6.61 Å². The summed E-state index contributed by atoms with van der Waals surface area (Å²) in [6.07, 6.45) is 0. The van der Waals surface area contributed by atoms with Gasteiger partial charge in [0.25, 0.3) is 0 Å². The van der Waals surface area contributed by atoms with Crippen molar-refractivity contribution in [3.63, 3.8) is 0 Å². The highest BCUT2D eigenvalue weighted by atomic mass is 32.1. The molecule has 0 atom stereocenters. The van der Waals surface area contributed by atoms with Crippen molar-refractivity contribution in [1.82, 2.24) is 0 Å². The van der Waals surface area contributed by atoms with Crippen molar-refractivity contribution in [2.45, 2.75) is 6.61 Å². The predicted molar refractivity (Wildman–Crippen MR) is 54.1 cm³/mol. The molecule has 0 unspecified atom stereocenters. The van der Waals surface area contributed by atoms with Crippen LogP contribution >= 0.6 is 11.3 Å². The summed E-state index contributed by atoms with van der Waals surface area (Å²) in [5.41, 5.74) is 1.26. The van der Waals surface area contributed by atoms with E-state index in [9.17, 15) is 5.11 Å². The number of nitrogens with zero attached hydrogens (tertiary/aromatic N) is 1. The van der Waals surface area contributed by atoms with Gasteiger partial charge in [-0.1, -0.05) is 17.4 Å². The van der Waals surface area contributed by atoms with Gasteiger partial charge in [0.15, 0.2) is 5.06 Å². The number of aliphatic hydroxyl groups excluding tert-OH is 1. The van der Waals surface area contributed by atoms with Crippen LogP contribution in [0.3, 0.4) is 0 Å². The first kappa shape index (κ1) is 9.00. The van der Waals surface area contributed by atoms with Gasteiger partial charge in [-0.2, -0.15) is 5.26 Å². The number of benzene rings is 1. The van der Waals surface area contributed by atoms with Crippen LogP contribution in [-0.4, -0.2) is 10.2 Å². The normalized spacial score (nSPS) is 10.3. The molecule has 0 amide bonds. The number of fused-ring (bicyclic) bond motifs is 1. The highest BCUT2D eigenvalue weighted by molar-refractivity contribution is 7.20. The van der Waals surface area contributed by atoms with Crippen LogP contribution in [0.4, 0.5) is 0 Å². The zero-order valence-electron chi connectivity index (χ0n) is 7.19. The molecule has 0 aliphatic heterocycles. The molecule has 1 aromatic heterocycles. The van der Waals surface area contributed by atoms with E-state index in [4.69, 9.17) is 10.4 Å². The molecule has 0 radical (unpaired) electrons. The summed E-state index contributed by atoms with van der Waals surface area (Å²) < 4.78 is 0.782. The first-order valence-electron chi connectivity index (χ1n) is 4.01. The minimum Gasteiger partial charge on any atom is -0.499 e. The number of thiophene rings is 1. The minimum absolute atomic E-state index is 0.0812. The Morgan fingerprint density at radius 1 is 1.43 bits per heavy atom. The molecule has 0 spiro atoms. The maximum Gasteiger partial charge on any atom is 0.172 e. The highest BCUT2D eigenvalue weighted by Gasteiger charge is 2.09. The fourth-order valence-electron chi connectivity index (χ4n) is 1.39. The first-order valence-corrected chi connectivity index (χ1v) is 4.83. The Morgan fingerprint density at radius 3 is 2.86 bits per heavy atom. The molecule has 0 bridgehead atoms. The van der Waals surface area contributed by atoms with Crippen LogP contribution in [0.5, 0.6) is 5.06 Å². The molecule has 4 heteroatoms. The van der Waals surface area contributed by atoms with Crippen LogP contribution in [0.2, 0.25) is 0 Å². The summed E-state index contributed by atoms with van der Waals surface area (Å²) in [5.74, 6) is 0. The molecule has 2 aromatic rings. The van der Waals surface area contributed by atoms with Gasteiger partial charge in [0, 0.05) is 16.2 Å². The molecular weight excluding hydrogens is 198 g/mol. The van der Waals surface area contributed by atoms with Crippen molar-refractivity contribution in [2.75, 3.05) is 0 Å². The quantitative estimate of drug-likeness (QED) is 0.748. The highest BCUT2D eigenvalue weighted by Crippen LogP contribution is 2.35. The summed E-state index contributed by atoms with van der Waals surface area (Å²) >= 11 is 1.18. The summed E-state index contributed by atoms with van der Waals surface area (Å²) in [6, 6.07) is 6.96. The second-order valence-electron chi connectivity index (χ2n) is 2.87. The van der Waals surface area contributed by atoms with Crippen molar-refractivity contribution in [3.8, 4) is 11.1 Å². The third kappa shape index (κ3) is 1.23. The van der Waals surface area contributed by atoms with Gasteiger partial charge in [-0.3, -0.25) is 0 Å². The van der Waals surface area contributed by atoms with E-state index in [1.807, 2.05) is 6.07 Å². The van der Waals surface area contributed by atoms with Crippen LogP contribution < -0.4 is 0 Å².